The minimum Gasteiger partial charge on any atom is -0.253 e. The van der Waals surface area contributed by atoms with E-state index < -0.39 is 0 Å². The molecule has 1 aliphatic carbocycles. The second-order valence-corrected chi connectivity index (χ2v) is 6.81. The molecule has 0 saturated heterocycles. The maximum Gasteiger partial charge on any atom is 0.0711 e. The molecule has 0 spiro atoms. The van der Waals surface area contributed by atoms with Crippen LogP contribution in [0.4, 0.5) is 0 Å². The number of nitrogens with zero attached hydrogens (tertiary/aromatic N) is 1. The second-order valence-electron chi connectivity index (χ2n) is 6.81. The molecule has 0 atom stereocenters. The Morgan fingerprint density at radius 2 is 1.61 bits per heavy atom. The van der Waals surface area contributed by atoms with E-state index in [1.807, 2.05) is 0 Å². The Balaban J connectivity index is 1.88. The molecule has 1 fully saturated rings. The topological polar surface area (TPSA) is 12.9 Å². The predicted octanol–water partition coefficient (Wildman–Crippen LogP) is 6.26. The molecule has 0 N–H and O–H groups in total. The summed E-state index contributed by atoms with van der Waals surface area (Å²) in [6, 6.07) is 19.8. The van der Waals surface area contributed by atoms with E-state index in [4.69, 9.17) is 4.98 Å². The van der Waals surface area contributed by atoms with Gasteiger partial charge in [0.05, 0.1) is 5.52 Å². The maximum atomic E-state index is 5.00. The van der Waals surface area contributed by atoms with Crippen LogP contribution in [0.1, 0.15) is 49.3 Å². The molecule has 1 aliphatic rings. The molecular formula is C22H23N. The molecule has 1 saturated carbocycles. The number of hydrogen-bond acceptors (Lipinski definition) is 1. The van der Waals surface area contributed by atoms with Gasteiger partial charge in [0.15, 0.2) is 0 Å². The van der Waals surface area contributed by atoms with Crippen molar-refractivity contribution < 1.29 is 0 Å². The molecule has 23 heavy (non-hydrogen) atoms. The largest absolute Gasteiger partial charge is 0.253 e. The van der Waals surface area contributed by atoms with E-state index in [-0.39, 0.29) is 0 Å². The van der Waals surface area contributed by atoms with Crippen LogP contribution in [0.25, 0.3) is 22.0 Å². The van der Waals surface area contributed by atoms with Gasteiger partial charge < -0.3 is 0 Å². The zero-order valence-electron chi connectivity index (χ0n) is 13.8. The van der Waals surface area contributed by atoms with E-state index in [1.165, 1.54) is 59.9 Å². The van der Waals surface area contributed by atoms with Crippen LogP contribution >= 0.6 is 0 Å². The quantitative estimate of drug-likeness (QED) is 0.544. The van der Waals surface area contributed by atoms with E-state index in [9.17, 15) is 0 Å². The third-order valence-electron chi connectivity index (χ3n) is 5.12. The average molecular weight is 301 g/mol. The molecule has 1 nitrogen and oxygen atoms in total. The standard InChI is InChI=1S/C22H23N/c1-16-11-13-17(14-12-16)20-15-22(18-7-3-2-4-8-18)23-21-10-6-5-9-19(20)21/h5-6,9-15,18H,2-4,7-8H2,1H3. The number of pyridine rings is 1. The normalized spacial score (nSPS) is 15.9. The Morgan fingerprint density at radius 1 is 0.870 bits per heavy atom. The lowest BCUT2D eigenvalue weighted by atomic mass is 9.85. The van der Waals surface area contributed by atoms with Crippen molar-refractivity contribution in [3.8, 4) is 11.1 Å². The van der Waals surface area contributed by atoms with Crippen molar-refractivity contribution in [2.75, 3.05) is 0 Å². The van der Waals surface area contributed by atoms with Crippen molar-refractivity contribution >= 4 is 10.9 Å². The number of hydrogen-bond donors (Lipinski definition) is 0. The minimum atomic E-state index is 0.637. The molecule has 3 aromatic rings. The Kier molecular flexibility index (Phi) is 3.87. The zero-order valence-corrected chi connectivity index (χ0v) is 13.8. The first kappa shape index (κ1) is 14.4. The molecule has 0 radical (unpaired) electrons. The van der Waals surface area contributed by atoms with Crippen LogP contribution in [0.15, 0.2) is 54.6 Å². The van der Waals surface area contributed by atoms with Gasteiger partial charge in [0.25, 0.3) is 0 Å². The van der Waals surface area contributed by atoms with Crippen LogP contribution in [-0.4, -0.2) is 4.98 Å². The molecule has 2 aromatic carbocycles. The summed E-state index contributed by atoms with van der Waals surface area (Å²) in [5, 5.41) is 1.26. The monoisotopic (exact) mass is 301 g/mol. The fourth-order valence-electron chi connectivity index (χ4n) is 3.78. The summed E-state index contributed by atoms with van der Waals surface area (Å²) < 4.78 is 0. The van der Waals surface area contributed by atoms with Crippen molar-refractivity contribution in [3.63, 3.8) is 0 Å². The van der Waals surface area contributed by atoms with E-state index in [0.29, 0.717) is 5.92 Å². The van der Waals surface area contributed by atoms with Crippen LogP contribution in [0.3, 0.4) is 0 Å². The van der Waals surface area contributed by atoms with Crippen molar-refractivity contribution in [2.24, 2.45) is 0 Å². The van der Waals surface area contributed by atoms with Crippen molar-refractivity contribution in [1.29, 1.82) is 0 Å². The van der Waals surface area contributed by atoms with E-state index in [1.54, 1.807) is 0 Å². The first-order chi connectivity index (χ1) is 11.3. The first-order valence-corrected chi connectivity index (χ1v) is 8.78. The molecule has 0 bridgehead atoms. The molecule has 1 heteroatoms. The number of benzene rings is 2. The molecule has 0 aliphatic heterocycles. The van der Waals surface area contributed by atoms with E-state index >= 15 is 0 Å². The number of fused-ring (bicyclic) bond motifs is 1. The van der Waals surface area contributed by atoms with E-state index in [2.05, 4.69) is 61.5 Å². The van der Waals surface area contributed by atoms with Crippen molar-refractivity contribution in [3.05, 3.63) is 65.9 Å². The molecule has 4 rings (SSSR count). The lowest BCUT2D eigenvalue weighted by Crippen LogP contribution is -2.07. The summed E-state index contributed by atoms with van der Waals surface area (Å²) in [6.07, 6.45) is 6.66. The molecule has 0 unspecified atom stereocenters. The van der Waals surface area contributed by atoms with E-state index in [0.717, 1.165) is 5.52 Å². The molecular weight excluding hydrogens is 278 g/mol. The highest BCUT2D eigenvalue weighted by molar-refractivity contribution is 5.94. The van der Waals surface area contributed by atoms with Gasteiger partial charge in [-0.25, -0.2) is 0 Å². The number of aryl methyl sites for hydroxylation is 1. The third-order valence-corrected chi connectivity index (χ3v) is 5.12. The number of rotatable bonds is 2. The van der Waals surface area contributed by atoms with Gasteiger partial charge >= 0.3 is 0 Å². The van der Waals surface area contributed by atoms with Crippen molar-refractivity contribution in [1.82, 2.24) is 4.98 Å². The van der Waals surface area contributed by atoms with Crippen LogP contribution in [-0.2, 0) is 0 Å². The predicted molar refractivity (Wildman–Crippen MR) is 97.7 cm³/mol. The summed E-state index contributed by atoms with van der Waals surface area (Å²) in [4.78, 5) is 5.00. The summed E-state index contributed by atoms with van der Waals surface area (Å²) in [6.45, 7) is 2.14. The minimum absolute atomic E-state index is 0.637. The lowest BCUT2D eigenvalue weighted by Gasteiger charge is -2.22. The van der Waals surface area contributed by atoms with Crippen LogP contribution in [0.5, 0.6) is 0 Å². The van der Waals surface area contributed by atoms with Crippen LogP contribution in [0.2, 0.25) is 0 Å². The zero-order chi connectivity index (χ0) is 15.6. The molecule has 116 valence electrons. The SMILES string of the molecule is Cc1ccc(-c2cc(C3CCCCC3)nc3ccccc23)cc1. The van der Waals surface area contributed by atoms with Gasteiger partial charge in [-0.1, -0.05) is 67.3 Å². The summed E-state index contributed by atoms with van der Waals surface area (Å²) in [7, 11) is 0. The number of para-hydroxylation sites is 1. The van der Waals surface area contributed by atoms with Gasteiger partial charge in [0.2, 0.25) is 0 Å². The van der Waals surface area contributed by atoms with Gasteiger partial charge in [0.1, 0.15) is 0 Å². The Morgan fingerprint density at radius 3 is 2.39 bits per heavy atom. The fraction of sp³-hybridized carbons (Fsp3) is 0.318. The summed E-state index contributed by atoms with van der Waals surface area (Å²) in [5.74, 6) is 0.637. The highest BCUT2D eigenvalue weighted by Crippen LogP contribution is 2.36. The first-order valence-electron chi connectivity index (χ1n) is 8.78. The number of aromatic nitrogens is 1. The molecule has 1 heterocycles. The van der Waals surface area contributed by atoms with Gasteiger partial charge in [-0.2, -0.15) is 0 Å². The van der Waals surface area contributed by atoms with Gasteiger partial charge in [-0.15, -0.1) is 0 Å². The summed E-state index contributed by atoms with van der Waals surface area (Å²) in [5.41, 5.74) is 6.35. The Bertz CT molecular complexity index is 811. The lowest BCUT2D eigenvalue weighted by molar-refractivity contribution is 0.437. The molecule has 1 aromatic heterocycles. The van der Waals surface area contributed by atoms with Crippen LogP contribution < -0.4 is 0 Å². The second kappa shape index (κ2) is 6.16. The summed E-state index contributed by atoms with van der Waals surface area (Å²) >= 11 is 0. The Hall–Kier alpha value is -2.15. The third kappa shape index (κ3) is 2.88. The van der Waals surface area contributed by atoms with Gasteiger partial charge in [-0.05, 0) is 43.0 Å². The molecule has 0 amide bonds. The van der Waals surface area contributed by atoms with Gasteiger partial charge in [-0.3, -0.25) is 4.98 Å². The van der Waals surface area contributed by atoms with Gasteiger partial charge in [0, 0.05) is 17.0 Å². The highest BCUT2D eigenvalue weighted by atomic mass is 14.7. The average Bonchev–Trinajstić information content (AvgIpc) is 2.62. The maximum absolute atomic E-state index is 5.00. The smallest absolute Gasteiger partial charge is 0.0711 e. The van der Waals surface area contributed by atoms with Crippen LogP contribution in [0, 0.1) is 6.92 Å². The highest BCUT2D eigenvalue weighted by Gasteiger charge is 2.18. The van der Waals surface area contributed by atoms with Crippen molar-refractivity contribution in [2.45, 2.75) is 44.9 Å². The Labute approximate surface area is 138 Å². The fourth-order valence-corrected chi connectivity index (χ4v) is 3.78.